The minimum Gasteiger partial charge on any atom is -0.337 e. The van der Waals surface area contributed by atoms with Gasteiger partial charge < -0.3 is 10.2 Å². The van der Waals surface area contributed by atoms with Gasteiger partial charge in [0.15, 0.2) is 9.84 Å². The topological polar surface area (TPSA) is 92.3 Å². The molecule has 9 heteroatoms. The predicted molar refractivity (Wildman–Crippen MR) is 101 cm³/mol. The van der Waals surface area contributed by atoms with Crippen molar-refractivity contribution in [2.75, 3.05) is 28.3 Å². The Morgan fingerprint density at radius 2 is 2.00 bits per heavy atom. The molecule has 27 heavy (non-hydrogen) atoms. The van der Waals surface area contributed by atoms with Gasteiger partial charge in [0, 0.05) is 24.0 Å². The van der Waals surface area contributed by atoms with Gasteiger partial charge in [0.1, 0.15) is 11.5 Å². The van der Waals surface area contributed by atoms with Crippen LogP contribution in [0.4, 0.5) is 16.0 Å². The first-order valence-electron chi connectivity index (χ1n) is 8.67. The predicted octanol–water partition coefficient (Wildman–Crippen LogP) is 2.19. The number of hydrogen-bond donors (Lipinski definition) is 1. The van der Waals surface area contributed by atoms with E-state index in [2.05, 4.69) is 15.3 Å². The summed E-state index contributed by atoms with van der Waals surface area (Å²) in [5, 5.41) is 2.67. The van der Waals surface area contributed by atoms with E-state index in [1.807, 2.05) is 11.8 Å². The van der Waals surface area contributed by atoms with Crippen LogP contribution in [0.2, 0.25) is 0 Å². The number of benzene rings is 1. The SMILES string of the molecule is CCN(c1nc(C)cc(C(=O)Nc2ccc(F)cc2)n1)C1CCS(=O)(=O)C1. The van der Waals surface area contributed by atoms with E-state index in [9.17, 15) is 17.6 Å². The molecule has 0 bridgehead atoms. The van der Waals surface area contributed by atoms with Gasteiger partial charge in [-0.3, -0.25) is 4.79 Å². The zero-order valence-electron chi connectivity index (χ0n) is 15.1. The summed E-state index contributed by atoms with van der Waals surface area (Å²) < 4.78 is 36.6. The highest BCUT2D eigenvalue weighted by Crippen LogP contribution is 2.22. The molecular formula is C18H21FN4O3S. The number of halogens is 1. The Bertz CT molecular complexity index is 948. The van der Waals surface area contributed by atoms with Crippen LogP contribution in [-0.2, 0) is 9.84 Å². The van der Waals surface area contributed by atoms with Crippen molar-refractivity contribution in [2.24, 2.45) is 0 Å². The van der Waals surface area contributed by atoms with Gasteiger partial charge in [-0.05, 0) is 50.6 Å². The maximum absolute atomic E-state index is 13.0. The molecule has 0 spiro atoms. The third kappa shape index (κ3) is 4.60. The summed E-state index contributed by atoms with van der Waals surface area (Å²) in [4.78, 5) is 23.1. The van der Waals surface area contributed by atoms with Crippen molar-refractivity contribution in [3.05, 3.63) is 47.5 Å². The Hall–Kier alpha value is -2.55. The molecule has 1 atom stereocenters. The fraction of sp³-hybridized carbons (Fsp3) is 0.389. The van der Waals surface area contributed by atoms with E-state index in [0.717, 1.165) is 0 Å². The number of aromatic nitrogens is 2. The fourth-order valence-corrected chi connectivity index (χ4v) is 4.84. The summed E-state index contributed by atoms with van der Waals surface area (Å²) in [6.45, 7) is 4.18. The molecule has 3 rings (SSSR count). The number of aryl methyl sites for hydroxylation is 1. The minimum atomic E-state index is -3.05. The number of carbonyl (C=O) groups is 1. The molecule has 1 N–H and O–H groups in total. The molecule has 1 amide bonds. The van der Waals surface area contributed by atoms with Crippen LogP contribution in [0.5, 0.6) is 0 Å². The Balaban J connectivity index is 1.84. The minimum absolute atomic E-state index is 0.0647. The molecule has 1 aromatic heterocycles. The molecule has 1 aromatic carbocycles. The van der Waals surface area contributed by atoms with Crippen LogP contribution < -0.4 is 10.2 Å². The van der Waals surface area contributed by atoms with Crippen LogP contribution >= 0.6 is 0 Å². The Kier molecular flexibility index (Phi) is 5.41. The van der Waals surface area contributed by atoms with Crippen molar-refractivity contribution in [3.63, 3.8) is 0 Å². The van der Waals surface area contributed by atoms with Crippen molar-refractivity contribution in [1.29, 1.82) is 0 Å². The summed E-state index contributed by atoms with van der Waals surface area (Å²) in [6.07, 6.45) is 0.518. The molecule has 2 aromatic rings. The monoisotopic (exact) mass is 392 g/mol. The molecular weight excluding hydrogens is 371 g/mol. The average Bonchev–Trinajstić information content (AvgIpc) is 2.97. The van der Waals surface area contributed by atoms with E-state index in [-0.39, 0.29) is 23.2 Å². The van der Waals surface area contributed by atoms with Crippen LogP contribution in [0.15, 0.2) is 30.3 Å². The lowest BCUT2D eigenvalue weighted by molar-refractivity contribution is 0.102. The lowest BCUT2D eigenvalue weighted by atomic mass is 10.2. The quantitative estimate of drug-likeness (QED) is 0.839. The second-order valence-corrected chi connectivity index (χ2v) is 8.73. The molecule has 1 aliphatic heterocycles. The van der Waals surface area contributed by atoms with Crippen molar-refractivity contribution in [2.45, 2.75) is 26.3 Å². The number of sulfone groups is 1. The van der Waals surface area contributed by atoms with Gasteiger partial charge in [-0.25, -0.2) is 22.8 Å². The molecule has 0 radical (unpaired) electrons. The Labute approximate surface area is 157 Å². The highest BCUT2D eigenvalue weighted by Gasteiger charge is 2.33. The van der Waals surface area contributed by atoms with Crippen molar-refractivity contribution in [3.8, 4) is 0 Å². The highest BCUT2D eigenvalue weighted by atomic mass is 32.2. The largest absolute Gasteiger partial charge is 0.337 e. The molecule has 7 nitrogen and oxygen atoms in total. The second kappa shape index (κ2) is 7.59. The van der Waals surface area contributed by atoms with Crippen LogP contribution in [-0.4, -0.2) is 48.4 Å². The Morgan fingerprint density at radius 3 is 2.59 bits per heavy atom. The number of carbonyl (C=O) groups excluding carboxylic acids is 1. The van der Waals surface area contributed by atoms with Gasteiger partial charge in [-0.2, -0.15) is 0 Å². The summed E-state index contributed by atoms with van der Waals surface area (Å²) in [5.74, 6) is -0.279. The molecule has 144 valence electrons. The van der Waals surface area contributed by atoms with E-state index in [4.69, 9.17) is 0 Å². The van der Waals surface area contributed by atoms with Gasteiger partial charge in [0.05, 0.1) is 11.5 Å². The normalized spacial score (nSPS) is 18.3. The molecule has 1 saturated heterocycles. The lowest BCUT2D eigenvalue weighted by Crippen LogP contribution is -2.37. The average molecular weight is 392 g/mol. The maximum Gasteiger partial charge on any atom is 0.274 e. The molecule has 0 aliphatic carbocycles. The number of rotatable bonds is 5. The molecule has 1 aliphatic rings. The number of nitrogens with one attached hydrogen (secondary N) is 1. The second-order valence-electron chi connectivity index (χ2n) is 6.50. The number of hydrogen-bond acceptors (Lipinski definition) is 6. The summed E-state index contributed by atoms with van der Waals surface area (Å²) in [5.41, 5.74) is 1.22. The van der Waals surface area contributed by atoms with Crippen LogP contribution in [0.1, 0.15) is 29.5 Å². The van der Waals surface area contributed by atoms with Crippen molar-refractivity contribution >= 4 is 27.4 Å². The number of nitrogens with zero attached hydrogens (tertiary/aromatic N) is 3. The first-order chi connectivity index (χ1) is 12.8. The van der Waals surface area contributed by atoms with Gasteiger partial charge in [-0.1, -0.05) is 0 Å². The zero-order valence-corrected chi connectivity index (χ0v) is 16.0. The number of anilines is 2. The number of amides is 1. The molecule has 1 unspecified atom stereocenters. The van der Waals surface area contributed by atoms with E-state index in [1.165, 1.54) is 24.3 Å². The van der Waals surface area contributed by atoms with Gasteiger partial charge >= 0.3 is 0 Å². The van der Waals surface area contributed by atoms with Gasteiger partial charge in [0.25, 0.3) is 5.91 Å². The van der Waals surface area contributed by atoms with E-state index < -0.39 is 21.6 Å². The summed E-state index contributed by atoms with van der Waals surface area (Å²) in [6, 6.07) is 6.79. The van der Waals surface area contributed by atoms with Crippen molar-refractivity contribution in [1.82, 2.24) is 9.97 Å². The highest BCUT2D eigenvalue weighted by molar-refractivity contribution is 7.91. The fourth-order valence-electron chi connectivity index (χ4n) is 3.11. The molecule has 0 saturated carbocycles. The Morgan fingerprint density at radius 1 is 1.30 bits per heavy atom. The first-order valence-corrected chi connectivity index (χ1v) is 10.5. The lowest BCUT2D eigenvalue weighted by Gasteiger charge is -2.27. The van der Waals surface area contributed by atoms with Crippen LogP contribution in [0.25, 0.3) is 0 Å². The van der Waals surface area contributed by atoms with E-state index in [1.54, 1.807) is 13.0 Å². The smallest absolute Gasteiger partial charge is 0.274 e. The van der Waals surface area contributed by atoms with E-state index in [0.29, 0.717) is 30.3 Å². The third-order valence-corrected chi connectivity index (χ3v) is 6.17. The standard InChI is InChI=1S/C18H21FN4O3S/c1-3-23(15-8-9-27(25,26)11-15)18-20-12(2)10-16(22-18)17(24)21-14-6-4-13(19)5-7-14/h4-7,10,15H,3,8-9,11H2,1-2H3,(H,21,24). The van der Waals surface area contributed by atoms with Gasteiger partial charge in [-0.15, -0.1) is 0 Å². The maximum atomic E-state index is 13.0. The third-order valence-electron chi connectivity index (χ3n) is 4.42. The molecule has 1 fully saturated rings. The van der Waals surface area contributed by atoms with Crippen LogP contribution in [0, 0.1) is 12.7 Å². The van der Waals surface area contributed by atoms with Crippen LogP contribution in [0.3, 0.4) is 0 Å². The zero-order chi connectivity index (χ0) is 19.6. The van der Waals surface area contributed by atoms with Gasteiger partial charge in [0.2, 0.25) is 5.95 Å². The van der Waals surface area contributed by atoms with Crippen molar-refractivity contribution < 1.29 is 17.6 Å². The first kappa shape index (κ1) is 19.2. The summed E-state index contributed by atoms with van der Waals surface area (Å²) >= 11 is 0. The summed E-state index contributed by atoms with van der Waals surface area (Å²) in [7, 11) is -3.05. The molecule has 2 heterocycles. The van der Waals surface area contributed by atoms with E-state index >= 15 is 0 Å².